The number of phosphoric acid groups is 1. The van der Waals surface area contributed by atoms with E-state index in [4.69, 9.17) is 18.5 Å². The first-order valence-corrected chi connectivity index (χ1v) is 23.1. The molecule has 9 heteroatoms. The first kappa shape index (κ1) is 54.2. The Morgan fingerprint density at radius 3 is 1.44 bits per heavy atom. The minimum atomic E-state index is -4.30. The Morgan fingerprint density at radius 1 is 0.544 bits per heavy atom. The summed E-state index contributed by atoms with van der Waals surface area (Å²) in [6.07, 6.45) is 55.7. The number of hydrogen-bond donors (Lipinski definition) is 1. The maximum Gasteiger partial charge on any atom is 0.472 e. The van der Waals surface area contributed by atoms with E-state index >= 15 is 0 Å². The number of likely N-dealkylation sites (N-methyl/N-ethyl adjacent to an activating group) is 1. The lowest BCUT2D eigenvalue weighted by Gasteiger charge is -2.24. The van der Waals surface area contributed by atoms with Crippen LogP contribution < -0.4 is 0 Å². The van der Waals surface area contributed by atoms with E-state index in [9.17, 15) is 14.3 Å². The average molecular weight is 815 g/mol. The van der Waals surface area contributed by atoms with Gasteiger partial charge in [0.1, 0.15) is 19.3 Å². The van der Waals surface area contributed by atoms with Gasteiger partial charge in [-0.2, -0.15) is 0 Å². The van der Waals surface area contributed by atoms with Gasteiger partial charge in [0.2, 0.25) is 0 Å². The van der Waals surface area contributed by atoms with Crippen molar-refractivity contribution in [3.8, 4) is 0 Å². The van der Waals surface area contributed by atoms with Crippen LogP contribution in [-0.2, 0) is 27.9 Å². The van der Waals surface area contributed by atoms with E-state index in [0.717, 1.165) is 109 Å². The van der Waals surface area contributed by atoms with Crippen LogP contribution in [0.4, 0.5) is 0 Å². The molecule has 0 aromatic rings. The van der Waals surface area contributed by atoms with Crippen LogP contribution in [0.1, 0.15) is 129 Å². The lowest BCUT2D eigenvalue weighted by Crippen LogP contribution is -2.37. The van der Waals surface area contributed by atoms with Gasteiger partial charge in [-0.3, -0.25) is 13.8 Å². The average Bonchev–Trinajstić information content (AvgIpc) is 3.16. The maximum absolute atomic E-state index is 12.7. The number of unbranched alkanes of at least 4 members (excludes halogenated alkanes) is 6. The van der Waals surface area contributed by atoms with Gasteiger partial charge < -0.3 is 18.9 Å². The van der Waals surface area contributed by atoms with Crippen molar-refractivity contribution in [1.82, 2.24) is 0 Å². The highest BCUT2D eigenvalue weighted by Crippen LogP contribution is 2.43. The number of ether oxygens (including phenoxy) is 2. The molecule has 2 atom stereocenters. The number of hydrogen-bond acceptors (Lipinski definition) is 6. The van der Waals surface area contributed by atoms with E-state index in [1.54, 1.807) is 0 Å². The summed E-state index contributed by atoms with van der Waals surface area (Å²) in [4.78, 5) is 22.9. The summed E-state index contributed by atoms with van der Waals surface area (Å²) in [7, 11) is 1.60. The number of rotatable bonds is 38. The Labute approximate surface area is 349 Å². The molecule has 0 spiro atoms. The zero-order valence-corrected chi connectivity index (χ0v) is 37.4. The van der Waals surface area contributed by atoms with Gasteiger partial charge in [-0.05, 0) is 89.9 Å². The van der Waals surface area contributed by atoms with Crippen molar-refractivity contribution in [2.24, 2.45) is 0 Å². The van der Waals surface area contributed by atoms with Crippen LogP contribution in [0, 0.1) is 0 Å². The molecule has 0 aromatic heterocycles. The second-order valence-corrected chi connectivity index (χ2v) is 16.4. The van der Waals surface area contributed by atoms with E-state index in [1.807, 2.05) is 21.1 Å². The molecule has 2 unspecified atom stereocenters. The smallest absolute Gasteiger partial charge is 0.457 e. The fourth-order valence-electron chi connectivity index (χ4n) is 5.05. The number of allylic oxidation sites excluding steroid dienone is 18. The molecular formula is C48H81NO7P+. The van der Waals surface area contributed by atoms with E-state index in [2.05, 4.69) is 123 Å². The molecule has 324 valence electrons. The summed E-state index contributed by atoms with van der Waals surface area (Å²) >= 11 is 0. The lowest BCUT2D eigenvalue weighted by molar-refractivity contribution is -0.870. The monoisotopic (exact) mass is 815 g/mol. The first-order chi connectivity index (χ1) is 27.6. The van der Waals surface area contributed by atoms with E-state index in [0.29, 0.717) is 17.6 Å². The zero-order chi connectivity index (χ0) is 42.0. The number of carbonyl (C=O) groups is 1. The number of quaternary nitrogens is 1. The summed E-state index contributed by atoms with van der Waals surface area (Å²) < 4.78 is 34.9. The Balaban J connectivity index is 4.38. The highest BCUT2D eigenvalue weighted by Gasteiger charge is 2.26. The Morgan fingerprint density at radius 2 is 0.965 bits per heavy atom. The van der Waals surface area contributed by atoms with Gasteiger partial charge in [0.15, 0.2) is 0 Å². The molecule has 0 fully saturated rings. The molecular weight excluding hydrogens is 734 g/mol. The third-order valence-corrected chi connectivity index (χ3v) is 9.31. The van der Waals surface area contributed by atoms with Crippen molar-refractivity contribution in [2.75, 3.05) is 54.1 Å². The zero-order valence-electron chi connectivity index (χ0n) is 36.5. The van der Waals surface area contributed by atoms with Crippen molar-refractivity contribution >= 4 is 13.8 Å². The van der Waals surface area contributed by atoms with Gasteiger partial charge in [0, 0.05) is 13.0 Å². The second-order valence-electron chi connectivity index (χ2n) is 15.0. The quantitative estimate of drug-likeness (QED) is 0.0218. The van der Waals surface area contributed by atoms with E-state index in [1.165, 1.54) is 0 Å². The summed E-state index contributed by atoms with van der Waals surface area (Å²) in [5, 5.41) is 0. The van der Waals surface area contributed by atoms with Crippen molar-refractivity contribution in [1.29, 1.82) is 0 Å². The molecule has 1 N–H and O–H groups in total. The normalized spacial score (nSPS) is 14.8. The predicted octanol–water partition coefficient (Wildman–Crippen LogP) is 12.8. The largest absolute Gasteiger partial charge is 0.472 e. The maximum atomic E-state index is 12.7. The van der Waals surface area contributed by atoms with Gasteiger partial charge in [0.25, 0.3) is 0 Å². The number of carbonyl (C=O) groups excluding carboxylic acids is 1. The summed E-state index contributed by atoms with van der Waals surface area (Å²) in [6, 6.07) is 0. The highest BCUT2D eigenvalue weighted by molar-refractivity contribution is 7.47. The van der Waals surface area contributed by atoms with Crippen LogP contribution in [-0.4, -0.2) is 75.6 Å². The van der Waals surface area contributed by atoms with Gasteiger partial charge in [0.05, 0.1) is 34.4 Å². The highest BCUT2D eigenvalue weighted by atomic mass is 31.2. The van der Waals surface area contributed by atoms with Gasteiger partial charge in [-0.15, -0.1) is 0 Å². The molecule has 0 aromatic carbocycles. The summed E-state index contributed by atoms with van der Waals surface area (Å²) in [6.45, 7) is 5.17. The van der Waals surface area contributed by atoms with Crippen LogP contribution in [0.5, 0.6) is 0 Å². The molecule has 0 aliphatic carbocycles. The van der Waals surface area contributed by atoms with Crippen LogP contribution in [0.25, 0.3) is 0 Å². The third-order valence-electron chi connectivity index (χ3n) is 8.33. The van der Waals surface area contributed by atoms with E-state index < -0.39 is 13.9 Å². The standard InChI is InChI=1S/C48H80NO7P/c1-6-8-10-12-14-16-18-20-22-23-24-25-26-27-28-29-31-33-35-37-39-41-48(50)56-47(46-55-57(51,52)54-44-42-49(3,4)5)45-53-43-40-38-36-34-32-30-21-19-17-15-13-11-9-7-2/h8-11,14-17,20-22,24-25,27-28,30,34,36,47H,6-7,12-13,18-19,23,26,29,31-33,35,37-46H2,1-5H3/p+1/b10-8-,11-9-,16-14-,17-15-,22-20-,25-24-,28-27-,30-21-,36-34-. The fraction of sp³-hybridized carbons (Fsp3) is 0.604. The van der Waals surface area contributed by atoms with Crippen molar-refractivity contribution < 1.29 is 37.3 Å². The van der Waals surface area contributed by atoms with Crippen molar-refractivity contribution in [3.63, 3.8) is 0 Å². The van der Waals surface area contributed by atoms with Crippen LogP contribution >= 0.6 is 7.82 Å². The molecule has 0 bridgehead atoms. The minimum absolute atomic E-state index is 0.0673. The Hall–Kier alpha value is -2.84. The minimum Gasteiger partial charge on any atom is -0.457 e. The molecule has 0 amide bonds. The predicted molar refractivity (Wildman–Crippen MR) is 242 cm³/mol. The number of esters is 1. The summed E-state index contributed by atoms with van der Waals surface area (Å²) in [5.41, 5.74) is 0. The molecule has 8 nitrogen and oxygen atoms in total. The Kier molecular flexibility index (Phi) is 38.0. The summed E-state index contributed by atoms with van der Waals surface area (Å²) in [5.74, 6) is -0.357. The Bertz CT molecular complexity index is 1270. The SMILES string of the molecule is CC/C=C\C/C=C\C/C=C\C/C=C\C/C=C\CCCCCCCC(=O)OC(COCCC/C=C\C/C=C\C/C=C\C/C=C\CC)COP(=O)(O)OCC[N+](C)(C)C. The topological polar surface area (TPSA) is 91.3 Å². The molecule has 0 aliphatic rings. The van der Waals surface area contributed by atoms with Gasteiger partial charge in [-0.1, -0.05) is 142 Å². The van der Waals surface area contributed by atoms with Crippen molar-refractivity contribution in [2.45, 2.75) is 136 Å². The molecule has 57 heavy (non-hydrogen) atoms. The first-order valence-electron chi connectivity index (χ1n) is 21.6. The third kappa shape index (κ3) is 44.1. The van der Waals surface area contributed by atoms with Crippen LogP contribution in [0.3, 0.4) is 0 Å². The molecule has 0 aliphatic heterocycles. The van der Waals surface area contributed by atoms with Gasteiger partial charge in [-0.25, -0.2) is 4.57 Å². The fourth-order valence-corrected chi connectivity index (χ4v) is 5.79. The molecule has 0 saturated carbocycles. The second kappa shape index (κ2) is 40.0. The molecule has 0 heterocycles. The van der Waals surface area contributed by atoms with E-state index in [-0.39, 0.29) is 32.2 Å². The van der Waals surface area contributed by atoms with Crippen LogP contribution in [0.15, 0.2) is 109 Å². The van der Waals surface area contributed by atoms with Crippen molar-refractivity contribution in [3.05, 3.63) is 109 Å². The number of nitrogens with zero attached hydrogens (tertiary/aromatic N) is 1. The van der Waals surface area contributed by atoms with Crippen LogP contribution in [0.2, 0.25) is 0 Å². The molecule has 0 saturated heterocycles. The molecule has 0 rings (SSSR count). The van der Waals surface area contributed by atoms with Gasteiger partial charge >= 0.3 is 13.8 Å². The number of phosphoric ester groups is 1. The molecule has 0 radical (unpaired) electrons. The lowest BCUT2D eigenvalue weighted by atomic mass is 10.1.